The SMILES string of the molecule is Cc1ccccc1NS(=O)(=O)c1cc(C#N)ccc1C. The van der Waals surface area contributed by atoms with Crippen LogP contribution in [0.2, 0.25) is 0 Å². The summed E-state index contributed by atoms with van der Waals surface area (Å²) >= 11 is 0. The molecule has 0 amide bonds. The molecule has 0 fully saturated rings. The molecule has 0 aliphatic heterocycles. The molecule has 102 valence electrons. The Morgan fingerprint density at radius 1 is 1.05 bits per heavy atom. The van der Waals surface area contributed by atoms with E-state index in [0.717, 1.165) is 5.56 Å². The van der Waals surface area contributed by atoms with Crippen molar-refractivity contribution < 1.29 is 8.42 Å². The first-order valence-corrected chi connectivity index (χ1v) is 7.51. The fourth-order valence-corrected chi connectivity index (χ4v) is 3.25. The van der Waals surface area contributed by atoms with Crippen LogP contribution in [0.25, 0.3) is 0 Å². The lowest BCUT2D eigenvalue weighted by molar-refractivity contribution is 0.600. The van der Waals surface area contributed by atoms with Gasteiger partial charge in [0.15, 0.2) is 0 Å². The van der Waals surface area contributed by atoms with E-state index >= 15 is 0 Å². The van der Waals surface area contributed by atoms with Crippen molar-refractivity contribution in [2.24, 2.45) is 0 Å². The molecule has 0 saturated carbocycles. The Balaban J connectivity index is 2.47. The Labute approximate surface area is 118 Å². The quantitative estimate of drug-likeness (QED) is 0.943. The average molecular weight is 286 g/mol. The molecule has 0 aliphatic carbocycles. The molecule has 0 aliphatic rings. The van der Waals surface area contributed by atoms with Crippen LogP contribution in [0.1, 0.15) is 16.7 Å². The fourth-order valence-electron chi connectivity index (χ4n) is 1.85. The molecule has 1 N–H and O–H groups in total. The molecule has 5 heteroatoms. The number of rotatable bonds is 3. The third-order valence-corrected chi connectivity index (χ3v) is 4.50. The molecular weight excluding hydrogens is 272 g/mol. The normalized spacial score (nSPS) is 10.8. The molecule has 0 unspecified atom stereocenters. The summed E-state index contributed by atoms with van der Waals surface area (Å²) in [5, 5.41) is 8.89. The largest absolute Gasteiger partial charge is 0.279 e. The summed E-state index contributed by atoms with van der Waals surface area (Å²) in [4.78, 5) is 0.125. The molecule has 0 atom stereocenters. The van der Waals surface area contributed by atoms with Crippen LogP contribution in [0, 0.1) is 25.2 Å². The van der Waals surface area contributed by atoms with Gasteiger partial charge in [0.05, 0.1) is 22.2 Å². The number of sulfonamides is 1. The van der Waals surface area contributed by atoms with Gasteiger partial charge in [0.2, 0.25) is 0 Å². The number of nitrogens with one attached hydrogen (secondary N) is 1. The van der Waals surface area contributed by atoms with Crippen molar-refractivity contribution in [2.75, 3.05) is 4.72 Å². The highest BCUT2D eigenvalue weighted by Crippen LogP contribution is 2.22. The standard InChI is InChI=1S/C15H14N2O2S/c1-11-5-3-4-6-14(11)17-20(18,19)15-9-13(10-16)8-7-12(15)2/h3-9,17H,1-2H3. The van der Waals surface area contributed by atoms with Crippen LogP contribution in [-0.4, -0.2) is 8.42 Å². The van der Waals surface area contributed by atoms with E-state index < -0.39 is 10.0 Å². The van der Waals surface area contributed by atoms with Gasteiger partial charge in [-0.05, 0) is 43.2 Å². The van der Waals surface area contributed by atoms with Crippen LogP contribution in [0.4, 0.5) is 5.69 Å². The van der Waals surface area contributed by atoms with Gasteiger partial charge in [-0.15, -0.1) is 0 Å². The molecule has 0 saturated heterocycles. The summed E-state index contributed by atoms with van der Waals surface area (Å²) in [6.45, 7) is 3.53. The lowest BCUT2D eigenvalue weighted by Crippen LogP contribution is -2.15. The fraction of sp³-hybridized carbons (Fsp3) is 0.133. The van der Waals surface area contributed by atoms with Gasteiger partial charge < -0.3 is 0 Å². The summed E-state index contributed by atoms with van der Waals surface area (Å²) < 4.78 is 27.4. The van der Waals surface area contributed by atoms with E-state index in [4.69, 9.17) is 5.26 Å². The van der Waals surface area contributed by atoms with Crippen LogP contribution < -0.4 is 4.72 Å². The van der Waals surface area contributed by atoms with Gasteiger partial charge in [-0.3, -0.25) is 4.72 Å². The van der Waals surface area contributed by atoms with Gasteiger partial charge in [0, 0.05) is 0 Å². The highest BCUT2D eigenvalue weighted by molar-refractivity contribution is 7.92. The van der Waals surface area contributed by atoms with Gasteiger partial charge in [-0.25, -0.2) is 8.42 Å². The second-order valence-corrected chi connectivity index (χ2v) is 6.16. The first-order valence-electron chi connectivity index (χ1n) is 6.03. The summed E-state index contributed by atoms with van der Waals surface area (Å²) in [6.07, 6.45) is 0. The number of hydrogen-bond acceptors (Lipinski definition) is 3. The van der Waals surface area contributed by atoms with Crippen LogP contribution in [-0.2, 0) is 10.0 Å². The first kappa shape index (κ1) is 14.1. The number of aryl methyl sites for hydroxylation is 2. The molecule has 0 radical (unpaired) electrons. The predicted octanol–water partition coefficient (Wildman–Crippen LogP) is 2.98. The van der Waals surface area contributed by atoms with Crippen molar-refractivity contribution >= 4 is 15.7 Å². The Kier molecular flexibility index (Phi) is 3.77. The maximum absolute atomic E-state index is 12.4. The highest BCUT2D eigenvalue weighted by Gasteiger charge is 2.18. The zero-order valence-electron chi connectivity index (χ0n) is 11.2. The topological polar surface area (TPSA) is 70.0 Å². The molecule has 2 aromatic carbocycles. The molecule has 0 aromatic heterocycles. The van der Waals surface area contributed by atoms with E-state index in [1.54, 1.807) is 31.2 Å². The Hall–Kier alpha value is -2.32. The number of hydrogen-bond donors (Lipinski definition) is 1. The molecule has 2 aromatic rings. The summed E-state index contributed by atoms with van der Waals surface area (Å²) in [5.41, 5.74) is 2.30. The molecule has 4 nitrogen and oxygen atoms in total. The molecule has 0 bridgehead atoms. The summed E-state index contributed by atoms with van der Waals surface area (Å²) in [5.74, 6) is 0. The first-order chi connectivity index (χ1) is 9.44. The average Bonchev–Trinajstić information content (AvgIpc) is 2.41. The van der Waals surface area contributed by atoms with Gasteiger partial charge in [-0.1, -0.05) is 24.3 Å². The van der Waals surface area contributed by atoms with Crippen LogP contribution in [0.5, 0.6) is 0 Å². The number of anilines is 1. The predicted molar refractivity (Wildman–Crippen MR) is 77.9 cm³/mol. The number of nitriles is 1. The van der Waals surface area contributed by atoms with Crippen LogP contribution in [0.3, 0.4) is 0 Å². The van der Waals surface area contributed by atoms with E-state index in [2.05, 4.69) is 4.72 Å². The monoisotopic (exact) mass is 286 g/mol. The van der Waals surface area contributed by atoms with Crippen LogP contribution in [0.15, 0.2) is 47.4 Å². The Morgan fingerprint density at radius 2 is 1.75 bits per heavy atom. The zero-order valence-corrected chi connectivity index (χ0v) is 12.0. The van der Waals surface area contributed by atoms with E-state index in [1.807, 2.05) is 25.1 Å². The number of nitrogens with zero attached hydrogens (tertiary/aromatic N) is 1. The second kappa shape index (κ2) is 5.35. The van der Waals surface area contributed by atoms with Gasteiger partial charge in [-0.2, -0.15) is 5.26 Å². The van der Waals surface area contributed by atoms with Crippen molar-refractivity contribution in [3.05, 3.63) is 59.2 Å². The van der Waals surface area contributed by atoms with Crippen molar-refractivity contribution in [3.63, 3.8) is 0 Å². The minimum Gasteiger partial charge on any atom is -0.279 e. The van der Waals surface area contributed by atoms with Crippen molar-refractivity contribution in [1.29, 1.82) is 5.26 Å². The lowest BCUT2D eigenvalue weighted by atomic mass is 10.2. The van der Waals surface area contributed by atoms with E-state index in [-0.39, 0.29) is 4.90 Å². The van der Waals surface area contributed by atoms with Crippen molar-refractivity contribution in [1.82, 2.24) is 0 Å². The molecule has 0 spiro atoms. The third-order valence-electron chi connectivity index (χ3n) is 3.00. The molecule has 20 heavy (non-hydrogen) atoms. The highest BCUT2D eigenvalue weighted by atomic mass is 32.2. The molecular formula is C15H14N2O2S. The Bertz CT molecular complexity index is 790. The van der Waals surface area contributed by atoms with Crippen molar-refractivity contribution in [3.8, 4) is 6.07 Å². The van der Waals surface area contributed by atoms with Crippen LogP contribution >= 0.6 is 0 Å². The molecule has 0 heterocycles. The minimum atomic E-state index is -3.70. The minimum absolute atomic E-state index is 0.125. The lowest BCUT2D eigenvalue weighted by Gasteiger charge is -2.12. The number of para-hydroxylation sites is 1. The van der Waals surface area contributed by atoms with Gasteiger partial charge >= 0.3 is 0 Å². The second-order valence-electron chi connectivity index (χ2n) is 4.51. The van der Waals surface area contributed by atoms with E-state index in [9.17, 15) is 8.42 Å². The summed E-state index contributed by atoms with van der Waals surface area (Å²) in [7, 11) is -3.70. The van der Waals surface area contributed by atoms with E-state index in [1.165, 1.54) is 6.07 Å². The maximum Gasteiger partial charge on any atom is 0.262 e. The third kappa shape index (κ3) is 2.81. The zero-order chi connectivity index (χ0) is 14.8. The number of benzene rings is 2. The summed E-state index contributed by atoms with van der Waals surface area (Å²) in [6, 6.07) is 13.7. The molecule has 2 rings (SSSR count). The van der Waals surface area contributed by atoms with E-state index in [0.29, 0.717) is 16.8 Å². The Morgan fingerprint density at radius 3 is 2.40 bits per heavy atom. The van der Waals surface area contributed by atoms with Crippen molar-refractivity contribution in [2.45, 2.75) is 18.7 Å². The smallest absolute Gasteiger partial charge is 0.262 e. The van der Waals surface area contributed by atoms with Gasteiger partial charge in [0.1, 0.15) is 0 Å². The maximum atomic E-state index is 12.4. The van der Waals surface area contributed by atoms with Gasteiger partial charge in [0.25, 0.3) is 10.0 Å².